The van der Waals surface area contributed by atoms with Crippen LogP contribution < -0.4 is 4.74 Å². The van der Waals surface area contributed by atoms with Crippen molar-refractivity contribution in [3.05, 3.63) is 29.1 Å². The zero-order valence-corrected chi connectivity index (χ0v) is 9.88. The summed E-state index contributed by atoms with van der Waals surface area (Å²) in [5.41, 5.74) is -1.15. The van der Waals surface area contributed by atoms with Crippen LogP contribution in [0.3, 0.4) is 0 Å². The van der Waals surface area contributed by atoms with E-state index >= 15 is 0 Å². The van der Waals surface area contributed by atoms with Crippen molar-refractivity contribution in [2.75, 3.05) is 6.61 Å². The monoisotopic (exact) mass is 278 g/mol. The van der Waals surface area contributed by atoms with E-state index in [0.717, 1.165) is 6.07 Å². The predicted octanol–water partition coefficient (Wildman–Crippen LogP) is 2.71. The van der Waals surface area contributed by atoms with Crippen LogP contribution in [0.5, 0.6) is 5.75 Å². The van der Waals surface area contributed by atoms with Crippen molar-refractivity contribution < 1.29 is 31.8 Å². The number of esters is 1. The maximum atomic E-state index is 13.4. The Morgan fingerprint density at radius 3 is 2.74 bits per heavy atom. The topological polar surface area (TPSA) is 35.5 Å². The molecule has 19 heavy (non-hydrogen) atoms. The molecule has 1 aliphatic rings. The Morgan fingerprint density at radius 2 is 2.16 bits per heavy atom. The predicted molar refractivity (Wildman–Crippen MR) is 56.2 cm³/mol. The minimum Gasteiger partial charge on any atom is -0.483 e. The lowest BCUT2D eigenvalue weighted by atomic mass is 10.0. The third-order valence-electron chi connectivity index (χ3n) is 2.71. The Labute approximate surface area is 106 Å². The molecule has 1 heterocycles. The number of alkyl halides is 3. The van der Waals surface area contributed by atoms with Gasteiger partial charge in [-0.15, -0.1) is 0 Å². The van der Waals surface area contributed by atoms with Crippen LogP contribution in [-0.2, 0) is 22.1 Å². The summed E-state index contributed by atoms with van der Waals surface area (Å²) < 4.78 is 61.4. The lowest BCUT2D eigenvalue weighted by Crippen LogP contribution is -2.22. The van der Waals surface area contributed by atoms with Crippen molar-refractivity contribution in [1.29, 1.82) is 0 Å². The molecule has 7 heteroatoms. The Bertz CT molecular complexity index is 510. The first-order chi connectivity index (χ1) is 8.79. The average Bonchev–Trinajstić information content (AvgIpc) is 2.69. The van der Waals surface area contributed by atoms with E-state index in [0.29, 0.717) is 6.07 Å². The van der Waals surface area contributed by atoms with Gasteiger partial charge in [0.1, 0.15) is 12.7 Å². The molecule has 0 aliphatic carbocycles. The molecule has 0 bridgehead atoms. The lowest BCUT2D eigenvalue weighted by Gasteiger charge is -2.10. The number of rotatable bonds is 2. The summed E-state index contributed by atoms with van der Waals surface area (Å²) in [4.78, 5) is 10.6. The lowest BCUT2D eigenvalue weighted by molar-refractivity contribution is -0.143. The fourth-order valence-electron chi connectivity index (χ4n) is 1.93. The zero-order chi connectivity index (χ0) is 14.2. The first-order valence-electron chi connectivity index (χ1n) is 5.47. The third kappa shape index (κ3) is 2.80. The van der Waals surface area contributed by atoms with Crippen molar-refractivity contribution in [3.8, 4) is 5.75 Å². The van der Waals surface area contributed by atoms with Crippen LogP contribution in [0.15, 0.2) is 12.1 Å². The van der Waals surface area contributed by atoms with E-state index in [1.165, 1.54) is 6.92 Å². The largest absolute Gasteiger partial charge is 0.483 e. The van der Waals surface area contributed by atoms with Gasteiger partial charge in [-0.2, -0.15) is 13.2 Å². The Morgan fingerprint density at radius 1 is 1.47 bits per heavy atom. The van der Waals surface area contributed by atoms with E-state index in [1.807, 2.05) is 0 Å². The number of ether oxygens (including phenoxy) is 2. The maximum Gasteiger partial charge on any atom is 0.416 e. The van der Waals surface area contributed by atoms with Gasteiger partial charge in [0, 0.05) is 18.9 Å². The summed E-state index contributed by atoms with van der Waals surface area (Å²) in [5.74, 6) is -1.84. The van der Waals surface area contributed by atoms with Crippen LogP contribution in [0, 0.1) is 5.82 Å². The smallest absolute Gasteiger partial charge is 0.416 e. The molecule has 0 spiro atoms. The Kier molecular flexibility index (Phi) is 3.38. The van der Waals surface area contributed by atoms with Gasteiger partial charge in [-0.25, -0.2) is 4.39 Å². The van der Waals surface area contributed by atoms with Gasteiger partial charge < -0.3 is 9.47 Å². The fourth-order valence-corrected chi connectivity index (χ4v) is 1.93. The molecule has 0 N–H and O–H groups in total. The van der Waals surface area contributed by atoms with E-state index in [9.17, 15) is 22.4 Å². The number of carbonyl (C=O) groups excluding carboxylic acids is 1. The van der Waals surface area contributed by atoms with Crippen LogP contribution in [0.25, 0.3) is 0 Å². The summed E-state index contributed by atoms with van der Waals surface area (Å²) >= 11 is 0. The van der Waals surface area contributed by atoms with E-state index in [2.05, 4.69) is 4.74 Å². The number of carbonyl (C=O) groups is 1. The van der Waals surface area contributed by atoms with Gasteiger partial charge in [0.05, 0.1) is 5.56 Å². The highest BCUT2D eigenvalue weighted by molar-refractivity contribution is 5.65. The molecule has 3 nitrogen and oxygen atoms in total. The molecule has 0 saturated carbocycles. The molecular weight excluding hydrogens is 268 g/mol. The van der Waals surface area contributed by atoms with E-state index in [-0.39, 0.29) is 18.6 Å². The quantitative estimate of drug-likeness (QED) is 0.616. The van der Waals surface area contributed by atoms with Crippen molar-refractivity contribution in [2.24, 2.45) is 0 Å². The molecule has 0 fully saturated rings. The molecule has 1 aromatic carbocycles. The van der Waals surface area contributed by atoms with E-state index < -0.39 is 35.4 Å². The molecule has 0 aromatic heterocycles. The number of halogens is 4. The zero-order valence-electron chi connectivity index (χ0n) is 9.88. The van der Waals surface area contributed by atoms with Gasteiger partial charge in [-0.05, 0) is 12.1 Å². The SMILES string of the molecule is CC(=O)OCC1Cc2c(C(F)(F)F)ccc(F)c2O1. The maximum absolute atomic E-state index is 13.4. The van der Waals surface area contributed by atoms with Crippen molar-refractivity contribution in [2.45, 2.75) is 25.6 Å². The summed E-state index contributed by atoms with van der Waals surface area (Å²) in [6.07, 6.45) is -5.51. The van der Waals surface area contributed by atoms with Gasteiger partial charge in [0.15, 0.2) is 11.6 Å². The van der Waals surface area contributed by atoms with Gasteiger partial charge >= 0.3 is 12.1 Å². The van der Waals surface area contributed by atoms with E-state index in [4.69, 9.17) is 4.74 Å². The van der Waals surface area contributed by atoms with Crippen LogP contribution >= 0.6 is 0 Å². The molecule has 0 amide bonds. The molecule has 0 radical (unpaired) electrons. The van der Waals surface area contributed by atoms with Crippen molar-refractivity contribution >= 4 is 5.97 Å². The number of benzene rings is 1. The normalized spacial score (nSPS) is 17.8. The first kappa shape index (κ1) is 13.6. The summed E-state index contributed by atoms with van der Waals surface area (Å²) in [6.45, 7) is 0.963. The fraction of sp³-hybridized carbons (Fsp3) is 0.417. The minimum absolute atomic E-state index is 0.144. The molecule has 1 atom stereocenters. The summed E-state index contributed by atoms with van der Waals surface area (Å²) in [6, 6.07) is 1.40. The summed E-state index contributed by atoms with van der Waals surface area (Å²) in [5, 5.41) is 0. The van der Waals surface area contributed by atoms with Crippen LogP contribution in [0.1, 0.15) is 18.1 Å². The van der Waals surface area contributed by atoms with Crippen LogP contribution in [-0.4, -0.2) is 18.7 Å². The van der Waals surface area contributed by atoms with Gasteiger partial charge in [0.2, 0.25) is 0 Å². The van der Waals surface area contributed by atoms with Gasteiger partial charge in [-0.1, -0.05) is 0 Å². The summed E-state index contributed by atoms with van der Waals surface area (Å²) in [7, 11) is 0. The molecular formula is C12H10F4O3. The molecule has 1 aromatic rings. The molecule has 0 saturated heterocycles. The average molecular weight is 278 g/mol. The van der Waals surface area contributed by atoms with Gasteiger partial charge in [0.25, 0.3) is 0 Å². The van der Waals surface area contributed by atoms with Crippen molar-refractivity contribution in [3.63, 3.8) is 0 Å². The first-order valence-corrected chi connectivity index (χ1v) is 5.47. The molecule has 2 rings (SSSR count). The third-order valence-corrected chi connectivity index (χ3v) is 2.71. The molecule has 1 aliphatic heterocycles. The molecule has 1 unspecified atom stereocenters. The van der Waals surface area contributed by atoms with E-state index in [1.54, 1.807) is 0 Å². The number of fused-ring (bicyclic) bond motifs is 1. The second-order valence-electron chi connectivity index (χ2n) is 4.15. The Balaban J connectivity index is 2.26. The second-order valence-corrected chi connectivity index (χ2v) is 4.15. The van der Waals surface area contributed by atoms with Crippen LogP contribution in [0.4, 0.5) is 17.6 Å². The van der Waals surface area contributed by atoms with Crippen molar-refractivity contribution in [1.82, 2.24) is 0 Å². The number of hydrogen-bond acceptors (Lipinski definition) is 3. The Hall–Kier alpha value is -1.79. The standard InChI is InChI=1S/C12H10F4O3/c1-6(17)18-5-7-4-8-9(12(14,15)16)2-3-10(13)11(8)19-7/h2-3,7H,4-5H2,1H3. The highest BCUT2D eigenvalue weighted by atomic mass is 19.4. The van der Waals surface area contributed by atoms with Crippen LogP contribution in [0.2, 0.25) is 0 Å². The second kappa shape index (κ2) is 4.71. The van der Waals surface area contributed by atoms with Gasteiger partial charge in [-0.3, -0.25) is 4.79 Å². The number of hydrogen-bond donors (Lipinski definition) is 0. The minimum atomic E-state index is -4.57. The molecule has 104 valence electrons. The highest BCUT2D eigenvalue weighted by Gasteiger charge is 2.39. The highest BCUT2D eigenvalue weighted by Crippen LogP contribution is 2.41.